The van der Waals surface area contributed by atoms with Gasteiger partial charge in [-0.15, -0.1) is 0 Å². The smallest absolute Gasteiger partial charge is 0.248 e. The van der Waals surface area contributed by atoms with Crippen LogP contribution in [0.3, 0.4) is 0 Å². The third-order valence-corrected chi connectivity index (χ3v) is 4.12. The van der Waals surface area contributed by atoms with Gasteiger partial charge in [-0.05, 0) is 24.3 Å². The van der Waals surface area contributed by atoms with E-state index < -0.39 is 0 Å². The van der Waals surface area contributed by atoms with E-state index in [1.165, 1.54) is 39.5 Å². The van der Waals surface area contributed by atoms with Gasteiger partial charge in [0.1, 0.15) is 5.75 Å². The van der Waals surface area contributed by atoms with Gasteiger partial charge >= 0.3 is 0 Å². The third kappa shape index (κ3) is 4.53. The fourth-order valence-corrected chi connectivity index (χ4v) is 2.68. The predicted octanol–water partition coefficient (Wildman–Crippen LogP) is 4.25. The van der Waals surface area contributed by atoms with E-state index in [1.54, 1.807) is 18.2 Å². The Hall–Kier alpha value is -2.57. The molecule has 0 bridgehead atoms. The lowest BCUT2D eigenvalue weighted by molar-refractivity contribution is -0.111. The summed E-state index contributed by atoms with van der Waals surface area (Å²) in [7, 11) is 4.58. The molecule has 0 radical (unpaired) electrons. The van der Waals surface area contributed by atoms with E-state index in [0.29, 0.717) is 28.5 Å². The predicted molar refractivity (Wildman–Crippen MR) is 105 cm³/mol. The second-order valence-electron chi connectivity index (χ2n) is 5.13. The number of nitrogens with one attached hydrogen (secondary N) is 1. The van der Waals surface area contributed by atoms with Gasteiger partial charge in [0.25, 0.3) is 0 Å². The van der Waals surface area contributed by atoms with Crippen LogP contribution in [0.1, 0.15) is 5.56 Å². The quantitative estimate of drug-likeness (QED) is 0.563. The number of hydrogen-bond donors (Lipinski definition) is 2. The number of methoxy groups -OCH3 is 3. The van der Waals surface area contributed by atoms with Crippen LogP contribution in [0.5, 0.6) is 17.2 Å². The number of rotatable bonds is 6. The SMILES string of the molecule is COc1cc(OC)c(OC)cc1/C=C/C(=O)Nc1cc(Cl)c(N)c(Cl)c1. The van der Waals surface area contributed by atoms with Gasteiger partial charge in [0.05, 0.1) is 37.1 Å². The lowest BCUT2D eigenvalue weighted by Gasteiger charge is -2.12. The highest BCUT2D eigenvalue weighted by Crippen LogP contribution is 2.35. The van der Waals surface area contributed by atoms with Crippen molar-refractivity contribution < 1.29 is 19.0 Å². The molecule has 138 valence electrons. The maximum Gasteiger partial charge on any atom is 0.248 e. The van der Waals surface area contributed by atoms with Gasteiger partial charge in [0.2, 0.25) is 5.91 Å². The second-order valence-corrected chi connectivity index (χ2v) is 5.94. The number of amides is 1. The van der Waals surface area contributed by atoms with Crippen molar-refractivity contribution in [1.82, 2.24) is 0 Å². The largest absolute Gasteiger partial charge is 0.496 e. The van der Waals surface area contributed by atoms with Crippen LogP contribution in [-0.4, -0.2) is 27.2 Å². The minimum atomic E-state index is -0.376. The van der Waals surface area contributed by atoms with Crippen LogP contribution in [-0.2, 0) is 4.79 Å². The van der Waals surface area contributed by atoms with Gasteiger partial charge < -0.3 is 25.3 Å². The van der Waals surface area contributed by atoms with Crippen LogP contribution in [0.25, 0.3) is 6.08 Å². The zero-order valence-electron chi connectivity index (χ0n) is 14.4. The molecule has 0 spiro atoms. The highest BCUT2D eigenvalue weighted by molar-refractivity contribution is 6.39. The Morgan fingerprint density at radius 1 is 0.962 bits per heavy atom. The first-order valence-electron chi connectivity index (χ1n) is 7.43. The van der Waals surface area contributed by atoms with Gasteiger partial charge in [-0.25, -0.2) is 0 Å². The van der Waals surface area contributed by atoms with Gasteiger partial charge in [0.15, 0.2) is 11.5 Å². The molecule has 0 unspecified atom stereocenters. The van der Waals surface area contributed by atoms with E-state index in [1.807, 2.05) is 0 Å². The van der Waals surface area contributed by atoms with Crippen molar-refractivity contribution in [2.24, 2.45) is 0 Å². The van der Waals surface area contributed by atoms with Crippen LogP contribution < -0.4 is 25.3 Å². The number of carbonyl (C=O) groups excluding carboxylic acids is 1. The zero-order valence-corrected chi connectivity index (χ0v) is 15.9. The fraction of sp³-hybridized carbons (Fsp3) is 0.167. The van der Waals surface area contributed by atoms with E-state index in [-0.39, 0.29) is 21.6 Å². The first-order chi connectivity index (χ1) is 12.4. The molecule has 0 aromatic heterocycles. The molecule has 3 N–H and O–H groups in total. The fourth-order valence-electron chi connectivity index (χ4n) is 2.19. The number of hydrogen-bond acceptors (Lipinski definition) is 5. The average molecular weight is 397 g/mol. The summed E-state index contributed by atoms with van der Waals surface area (Å²) in [5, 5.41) is 3.19. The Labute approximate surface area is 161 Å². The molecule has 0 aliphatic carbocycles. The molecule has 26 heavy (non-hydrogen) atoms. The Morgan fingerprint density at radius 2 is 1.50 bits per heavy atom. The molecule has 6 nitrogen and oxygen atoms in total. The molecule has 2 aromatic rings. The maximum atomic E-state index is 12.2. The van der Waals surface area contributed by atoms with Gasteiger partial charge in [-0.3, -0.25) is 4.79 Å². The number of benzene rings is 2. The van der Waals surface area contributed by atoms with Gasteiger partial charge in [-0.1, -0.05) is 23.2 Å². The van der Waals surface area contributed by atoms with Crippen LogP contribution in [0.15, 0.2) is 30.3 Å². The molecular formula is C18H18Cl2N2O4. The minimum Gasteiger partial charge on any atom is -0.496 e. The molecule has 1 amide bonds. The topological polar surface area (TPSA) is 82.8 Å². The molecule has 0 atom stereocenters. The molecule has 2 rings (SSSR count). The normalized spacial score (nSPS) is 10.7. The Bertz CT molecular complexity index is 830. The first kappa shape index (κ1) is 19.8. The summed E-state index contributed by atoms with van der Waals surface area (Å²) in [4.78, 5) is 12.2. The van der Waals surface area contributed by atoms with Crippen molar-refractivity contribution in [3.63, 3.8) is 0 Å². The van der Waals surface area contributed by atoms with Crippen LogP contribution in [0, 0.1) is 0 Å². The maximum absolute atomic E-state index is 12.2. The summed E-state index contributed by atoms with van der Waals surface area (Å²) >= 11 is 11.9. The van der Waals surface area contributed by atoms with Crippen LogP contribution >= 0.6 is 23.2 Å². The van der Waals surface area contributed by atoms with Crippen molar-refractivity contribution >= 4 is 46.6 Å². The molecule has 8 heteroatoms. The molecule has 0 heterocycles. The lowest BCUT2D eigenvalue weighted by atomic mass is 10.1. The van der Waals surface area contributed by atoms with Crippen LogP contribution in [0.2, 0.25) is 10.0 Å². The first-order valence-corrected chi connectivity index (χ1v) is 8.18. The summed E-state index contributed by atoms with van der Waals surface area (Å²) in [5.41, 5.74) is 7.01. The van der Waals surface area contributed by atoms with E-state index in [2.05, 4.69) is 5.32 Å². The number of anilines is 2. The van der Waals surface area contributed by atoms with Gasteiger partial charge in [-0.2, -0.15) is 0 Å². The molecular weight excluding hydrogens is 379 g/mol. The number of ether oxygens (including phenoxy) is 3. The summed E-state index contributed by atoms with van der Waals surface area (Å²) < 4.78 is 15.8. The number of halogens is 2. The van der Waals surface area contributed by atoms with Crippen LogP contribution in [0.4, 0.5) is 11.4 Å². The average Bonchev–Trinajstić information content (AvgIpc) is 2.63. The third-order valence-electron chi connectivity index (χ3n) is 3.50. The van der Waals surface area contributed by atoms with Crippen molar-refractivity contribution in [2.75, 3.05) is 32.4 Å². The van der Waals surface area contributed by atoms with Crippen molar-refractivity contribution in [2.45, 2.75) is 0 Å². The molecule has 0 aliphatic heterocycles. The number of nitrogen functional groups attached to an aromatic ring is 1. The molecule has 0 saturated carbocycles. The molecule has 2 aromatic carbocycles. The van der Waals surface area contributed by atoms with Crippen molar-refractivity contribution in [1.29, 1.82) is 0 Å². The molecule has 0 aliphatic rings. The standard InChI is InChI=1S/C18H18Cl2N2O4/c1-24-14-9-16(26-3)15(25-2)6-10(14)4-5-17(23)22-11-7-12(19)18(21)13(20)8-11/h4-9H,21H2,1-3H3,(H,22,23)/b5-4+. The Kier molecular flexibility index (Phi) is 6.60. The van der Waals surface area contributed by atoms with E-state index in [0.717, 1.165) is 0 Å². The lowest BCUT2D eigenvalue weighted by Crippen LogP contribution is -2.08. The van der Waals surface area contributed by atoms with Crippen molar-refractivity contribution in [3.8, 4) is 17.2 Å². The highest BCUT2D eigenvalue weighted by Gasteiger charge is 2.11. The summed E-state index contributed by atoms with van der Waals surface area (Å²) in [6, 6.07) is 6.42. The van der Waals surface area contributed by atoms with E-state index in [4.69, 9.17) is 43.1 Å². The van der Waals surface area contributed by atoms with Gasteiger partial charge in [0, 0.05) is 23.4 Å². The number of carbonyl (C=O) groups is 1. The minimum absolute atomic E-state index is 0.261. The van der Waals surface area contributed by atoms with Crippen molar-refractivity contribution in [3.05, 3.63) is 46.0 Å². The second kappa shape index (κ2) is 8.69. The summed E-state index contributed by atoms with van der Waals surface area (Å²) in [5.74, 6) is 1.20. The summed E-state index contributed by atoms with van der Waals surface area (Å²) in [6.07, 6.45) is 2.94. The van der Waals surface area contributed by atoms with E-state index >= 15 is 0 Å². The molecule has 0 saturated heterocycles. The number of nitrogens with two attached hydrogens (primary N) is 1. The summed E-state index contributed by atoms with van der Waals surface area (Å²) in [6.45, 7) is 0. The van der Waals surface area contributed by atoms with E-state index in [9.17, 15) is 4.79 Å². The molecule has 0 fully saturated rings. The zero-order chi connectivity index (χ0) is 19.3. The highest BCUT2D eigenvalue weighted by atomic mass is 35.5. The Balaban J connectivity index is 2.22. The Morgan fingerprint density at radius 3 is 2.04 bits per heavy atom. The monoisotopic (exact) mass is 396 g/mol.